The summed E-state index contributed by atoms with van der Waals surface area (Å²) in [5.41, 5.74) is 0.792. The first-order chi connectivity index (χ1) is 6.22. The van der Waals surface area contributed by atoms with Gasteiger partial charge in [-0.2, -0.15) is 5.26 Å². The van der Waals surface area contributed by atoms with E-state index in [2.05, 4.69) is 0 Å². The Morgan fingerprint density at radius 2 is 2.23 bits per heavy atom. The second kappa shape index (κ2) is 4.54. The molecular weight excluding hydrogens is 186 g/mol. The number of allylic oxidation sites excluding steroid dienone is 1. The van der Waals surface area contributed by atoms with Crippen molar-refractivity contribution in [2.24, 2.45) is 0 Å². The van der Waals surface area contributed by atoms with E-state index in [1.165, 1.54) is 6.07 Å². The Bertz CT molecular complexity index is 345. The smallest absolute Gasteiger partial charge is 0.117 e. The van der Waals surface area contributed by atoms with Crippen LogP contribution in [-0.2, 0) is 0 Å². The zero-order valence-corrected chi connectivity index (χ0v) is 7.62. The van der Waals surface area contributed by atoms with Crippen molar-refractivity contribution in [2.75, 3.05) is 0 Å². The predicted octanol–water partition coefficient (Wildman–Crippen LogP) is 2.97. The Morgan fingerprint density at radius 1 is 1.46 bits per heavy atom. The number of rotatable bonds is 2. The molecule has 1 rings (SSSR count). The van der Waals surface area contributed by atoms with Gasteiger partial charge in [-0.25, -0.2) is 0 Å². The van der Waals surface area contributed by atoms with E-state index in [9.17, 15) is 0 Å². The maximum atomic E-state index is 9.17. The summed E-state index contributed by atoms with van der Waals surface area (Å²) in [4.78, 5) is 0. The molecule has 0 aromatic heterocycles. The third kappa shape index (κ3) is 3.18. The topological polar surface area (TPSA) is 44.0 Å². The van der Waals surface area contributed by atoms with E-state index in [-0.39, 0.29) is 5.75 Å². The molecule has 0 aliphatic rings. The quantitative estimate of drug-likeness (QED) is 0.785. The Kier molecular flexibility index (Phi) is 3.36. The lowest BCUT2D eigenvalue weighted by atomic mass is 10.2. The number of hydrogen-bond acceptors (Lipinski definition) is 2. The van der Waals surface area contributed by atoms with Crippen molar-refractivity contribution in [3.8, 4) is 11.8 Å². The molecule has 66 valence electrons. The second-order valence-electron chi connectivity index (χ2n) is 2.51. The Labute approximate surface area is 81.7 Å². The summed E-state index contributed by atoms with van der Waals surface area (Å²) in [6.07, 6.45) is 3.81. The van der Waals surface area contributed by atoms with Crippen LogP contribution in [0.5, 0.6) is 5.75 Å². The average Bonchev–Trinajstić information content (AvgIpc) is 2.03. The summed E-state index contributed by atoms with van der Waals surface area (Å²) < 4.78 is 0. The Morgan fingerprint density at radius 3 is 2.85 bits per heavy atom. The fraction of sp³-hybridized carbons (Fsp3) is 0.100. The van der Waals surface area contributed by atoms with Crippen molar-refractivity contribution >= 4 is 17.7 Å². The van der Waals surface area contributed by atoms with E-state index >= 15 is 0 Å². The molecular formula is C10H8ClNO. The molecule has 1 aromatic carbocycles. The van der Waals surface area contributed by atoms with Crippen LogP contribution in [0.3, 0.4) is 0 Å². The van der Waals surface area contributed by atoms with Crippen molar-refractivity contribution in [1.29, 1.82) is 5.26 Å². The van der Waals surface area contributed by atoms with Gasteiger partial charge in [-0.05, 0) is 23.8 Å². The minimum atomic E-state index is 0.129. The highest BCUT2D eigenvalue weighted by Crippen LogP contribution is 2.20. The van der Waals surface area contributed by atoms with Crippen molar-refractivity contribution in [3.05, 3.63) is 34.9 Å². The minimum absolute atomic E-state index is 0.129. The summed E-state index contributed by atoms with van der Waals surface area (Å²) in [6.45, 7) is 0. The Hall–Kier alpha value is -1.46. The van der Waals surface area contributed by atoms with E-state index in [1.54, 1.807) is 24.3 Å². The molecule has 0 fully saturated rings. The van der Waals surface area contributed by atoms with Gasteiger partial charge in [-0.1, -0.05) is 23.8 Å². The van der Waals surface area contributed by atoms with E-state index in [4.69, 9.17) is 22.0 Å². The van der Waals surface area contributed by atoms with Crippen molar-refractivity contribution in [1.82, 2.24) is 0 Å². The van der Waals surface area contributed by atoms with Crippen LogP contribution in [0.4, 0.5) is 0 Å². The molecule has 0 spiro atoms. The minimum Gasteiger partial charge on any atom is -0.508 e. The van der Waals surface area contributed by atoms with E-state index in [0.29, 0.717) is 11.4 Å². The van der Waals surface area contributed by atoms with Crippen LogP contribution >= 0.6 is 11.6 Å². The SMILES string of the molecule is N#CCC=Cc1cc(O)cc(Cl)c1. The highest BCUT2D eigenvalue weighted by molar-refractivity contribution is 6.30. The van der Waals surface area contributed by atoms with Crippen molar-refractivity contribution < 1.29 is 5.11 Å². The molecule has 0 amide bonds. The highest BCUT2D eigenvalue weighted by atomic mass is 35.5. The number of aromatic hydroxyl groups is 1. The summed E-state index contributed by atoms with van der Waals surface area (Å²) in [5, 5.41) is 17.9. The largest absolute Gasteiger partial charge is 0.508 e. The molecule has 0 saturated heterocycles. The molecule has 0 unspecified atom stereocenters. The fourth-order valence-corrected chi connectivity index (χ4v) is 1.18. The highest BCUT2D eigenvalue weighted by Gasteiger charge is 1.94. The van der Waals surface area contributed by atoms with Gasteiger partial charge in [-0.3, -0.25) is 0 Å². The number of nitriles is 1. The zero-order chi connectivity index (χ0) is 9.68. The standard InChI is InChI=1S/C10H8ClNO/c11-9-5-8(3-1-2-4-12)6-10(13)7-9/h1,3,5-7,13H,2H2. The average molecular weight is 194 g/mol. The molecule has 0 radical (unpaired) electrons. The first-order valence-corrected chi connectivity index (χ1v) is 4.13. The number of benzene rings is 1. The van der Waals surface area contributed by atoms with Crippen LogP contribution in [0, 0.1) is 11.3 Å². The molecule has 1 aromatic rings. The number of phenols is 1. The molecule has 1 N–H and O–H groups in total. The maximum Gasteiger partial charge on any atom is 0.117 e. The van der Waals surface area contributed by atoms with Gasteiger partial charge >= 0.3 is 0 Å². The van der Waals surface area contributed by atoms with Crippen molar-refractivity contribution in [3.63, 3.8) is 0 Å². The van der Waals surface area contributed by atoms with Crippen LogP contribution < -0.4 is 0 Å². The van der Waals surface area contributed by atoms with Gasteiger partial charge in [-0.15, -0.1) is 0 Å². The van der Waals surface area contributed by atoms with E-state index in [1.807, 2.05) is 6.07 Å². The monoisotopic (exact) mass is 193 g/mol. The molecule has 2 nitrogen and oxygen atoms in total. The number of hydrogen-bond donors (Lipinski definition) is 1. The lowest BCUT2D eigenvalue weighted by Crippen LogP contribution is -1.72. The van der Waals surface area contributed by atoms with Gasteiger partial charge in [0.25, 0.3) is 0 Å². The predicted molar refractivity (Wildman–Crippen MR) is 52.4 cm³/mol. The van der Waals surface area contributed by atoms with Crippen LogP contribution in [0.2, 0.25) is 5.02 Å². The first kappa shape index (κ1) is 9.63. The molecule has 0 atom stereocenters. The molecule has 0 saturated carbocycles. The second-order valence-corrected chi connectivity index (χ2v) is 2.94. The fourth-order valence-electron chi connectivity index (χ4n) is 0.940. The van der Waals surface area contributed by atoms with Gasteiger partial charge in [0.2, 0.25) is 0 Å². The molecule has 13 heavy (non-hydrogen) atoms. The summed E-state index contributed by atoms with van der Waals surface area (Å²) in [6, 6.07) is 6.75. The van der Waals surface area contributed by atoms with E-state index in [0.717, 1.165) is 5.56 Å². The summed E-state index contributed by atoms with van der Waals surface area (Å²) >= 11 is 5.70. The number of halogens is 1. The van der Waals surface area contributed by atoms with Crippen LogP contribution in [-0.4, -0.2) is 5.11 Å². The molecule has 3 heteroatoms. The molecule has 0 aliphatic carbocycles. The third-order valence-corrected chi connectivity index (χ3v) is 1.64. The van der Waals surface area contributed by atoms with Gasteiger partial charge in [0, 0.05) is 5.02 Å². The zero-order valence-electron chi connectivity index (χ0n) is 6.87. The van der Waals surface area contributed by atoms with E-state index < -0.39 is 0 Å². The van der Waals surface area contributed by atoms with Crippen molar-refractivity contribution in [2.45, 2.75) is 6.42 Å². The van der Waals surface area contributed by atoms with Crippen LogP contribution in [0.1, 0.15) is 12.0 Å². The lowest BCUT2D eigenvalue weighted by molar-refractivity contribution is 0.475. The van der Waals surface area contributed by atoms with Gasteiger partial charge in [0.15, 0.2) is 0 Å². The number of phenolic OH excluding ortho intramolecular Hbond substituents is 1. The molecule has 0 heterocycles. The van der Waals surface area contributed by atoms with Crippen LogP contribution in [0.25, 0.3) is 6.08 Å². The molecule has 0 bridgehead atoms. The summed E-state index contributed by atoms with van der Waals surface area (Å²) in [5.74, 6) is 0.129. The first-order valence-electron chi connectivity index (χ1n) is 3.75. The third-order valence-electron chi connectivity index (χ3n) is 1.42. The van der Waals surface area contributed by atoms with Crippen LogP contribution in [0.15, 0.2) is 24.3 Å². The lowest BCUT2D eigenvalue weighted by Gasteiger charge is -1.96. The van der Waals surface area contributed by atoms with Gasteiger partial charge in [0.1, 0.15) is 5.75 Å². The van der Waals surface area contributed by atoms with Gasteiger partial charge in [0.05, 0.1) is 12.5 Å². The Balaban J connectivity index is 2.84. The summed E-state index contributed by atoms with van der Waals surface area (Å²) in [7, 11) is 0. The number of nitrogens with zero attached hydrogens (tertiary/aromatic N) is 1. The normalized spacial score (nSPS) is 10.2. The molecule has 0 aliphatic heterocycles. The van der Waals surface area contributed by atoms with Gasteiger partial charge < -0.3 is 5.11 Å². The maximum absolute atomic E-state index is 9.17.